The van der Waals surface area contributed by atoms with E-state index in [9.17, 15) is 54.2 Å². The number of halogens is 9. The smallest absolute Gasteiger partial charge is 0.416 e. The number of carboxylic acids is 1. The lowest BCUT2D eigenvalue weighted by molar-refractivity contribution is -0.151. The maximum Gasteiger partial charge on any atom is 0.416 e. The van der Waals surface area contributed by atoms with E-state index in [-0.39, 0.29) is 55.0 Å². The molecule has 0 bridgehead atoms. The van der Waals surface area contributed by atoms with E-state index >= 15 is 0 Å². The van der Waals surface area contributed by atoms with E-state index < -0.39 is 66.2 Å². The average Bonchev–Trinajstić information content (AvgIpc) is 3.15. The van der Waals surface area contributed by atoms with Crippen molar-refractivity contribution in [3.8, 4) is 0 Å². The maximum absolute atomic E-state index is 13.5. The van der Waals surface area contributed by atoms with Crippen LogP contribution in [0.5, 0.6) is 0 Å². The zero-order valence-corrected chi connectivity index (χ0v) is 35.9. The number of esters is 1. The van der Waals surface area contributed by atoms with Crippen molar-refractivity contribution in [1.82, 2.24) is 9.80 Å². The van der Waals surface area contributed by atoms with Crippen molar-refractivity contribution in [3.63, 3.8) is 0 Å². The Balaban J connectivity index is 1.46. The number of hydrogen-bond acceptors (Lipinski definition) is 5. The minimum Gasteiger partial charge on any atom is -0.481 e. The van der Waals surface area contributed by atoms with Crippen LogP contribution in [0.4, 0.5) is 39.5 Å². The third-order valence-electron chi connectivity index (χ3n) is 12.4. The molecule has 1 unspecified atom stereocenters. The van der Waals surface area contributed by atoms with E-state index in [1.165, 1.54) is 24.3 Å². The fourth-order valence-electron chi connectivity index (χ4n) is 9.34. The van der Waals surface area contributed by atoms with Crippen LogP contribution in [0, 0.1) is 23.7 Å². The van der Waals surface area contributed by atoms with Crippen LogP contribution in [0.25, 0.3) is 0 Å². The number of hydrogen-bond donors (Lipinski definition) is 1. The van der Waals surface area contributed by atoms with Gasteiger partial charge in [0.15, 0.2) is 0 Å². The topological polar surface area (TPSA) is 70.1 Å². The lowest BCUT2D eigenvalue weighted by Gasteiger charge is -2.45. The molecular weight excluding hydrogens is 815 g/mol. The number of rotatable bonds is 19. The molecule has 1 N–H and O–H groups in total. The molecule has 2 aromatic carbocycles. The first-order valence-electron chi connectivity index (χ1n) is 21.7. The van der Waals surface area contributed by atoms with Crippen LogP contribution in [0.3, 0.4) is 0 Å². The molecule has 0 spiro atoms. The van der Waals surface area contributed by atoms with Crippen molar-refractivity contribution in [2.75, 3.05) is 13.1 Å². The van der Waals surface area contributed by atoms with Crippen molar-refractivity contribution >= 4 is 11.9 Å². The van der Waals surface area contributed by atoms with Gasteiger partial charge in [0.25, 0.3) is 0 Å². The molecule has 0 aromatic heterocycles. The summed E-state index contributed by atoms with van der Waals surface area (Å²) in [6.07, 6.45) is -10.0. The Hall–Kier alpha value is -3.33. The van der Waals surface area contributed by atoms with E-state index in [1.807, 2.05) is 18.7 Å². The molecule has 61 heavy (non-hydrogen) atoms. The highest BCUT2D eigenvalue weighted by Gasteiger charge is 2.39. The summed E-state index contributed by atoms with van der Waals surface area (Å²) in [5.74, 6) is -1.23. The zero-order valence-electron chi connectivity index (χ0n) is 35.9. The second-order valence-electron chi connectivity index (χ2n) is 18.3. The van der Waals surface area contributed by atoms with Gasteiger partial charge >= 0.3 is 30.5 Å². The molecule has 0 saturated carbocycles. The van der Waals surface area contributed by atoms with E-state index in [1.54, 1.807) is 6.92 Å². The molecule has 15 heteroatoms. The summed E-state index contributed by atoms with van der Waals surface area (Å²) >= 11 is 0. The number of aliphatic carboxylic acids is 1. The van der Waals surface area contributed by atoms with Crippen LogP contribution in [-0.4, -0.2) is 64.3 Å². The number of benzene rings is 2. The van der Waals surface area contributed by atoms with Crippen molar-refractivity contribution in [2.45, 2.75) is 167 Å². The summed E-state index contributed by atoms with van der Waals surface area (Å²) in [5, 5.41) is 9.53. The van der Waals surface area contributed by atoms with Gasteiger partial charge in [-0.3, -0.25) is 19.4 Å². The third kappa shape index (κ3) is 16.1. The van der Waals surface area contributed by atoms with Gasteiger partial charge < -0.3 is 9.84 Å². The molecule has 2 heterocycles. The Morgan fingerprint density at radius 1 is 0.639 bits per heavy atom. The van der Waals surface area contributed by atoms with Gasteiger partial charge in [-0.15, -0.1) is 0 Å². The van der Waals surface area contributed by atoms with Crippen molar-refractivity contribution in [3.05, 3.63) is 70.8 Å². The Morgan fingerprint density at radius 3 is 1.52 bits per heavy atom. The number of carbonyl (C=O) groups is 2. The van der Waals surface area contributed by atoms with Crippen molar-refractivity contribution in [1.29, 1.82) is 0 Å². The molecule has 6 nitrogen and oxygen atoms in total. The monoisotopic (exact) mass is 878 g/mol. The van der Waals surface area contributed by atoms with Crippen LogP contribution in [0.15, 0.2) is 48.5 Å². The van der Waals surface area contributed by atoms with Crippen LogP contribution in [0.2, 0.25) is 0 Å². The van der Waals surface area contributed by atoms with Gasteiger partial charge in [0, 0.05) is 43.4 Å². The second kappa shape index (κ2) is 21.8. The van der Waals surface area contributed by atoms with Crippen molar-refractivity contribution in [2.24, 2.45) is 23.7 Å². The molecule has 7 atom stereocenters. The van der Waals surface area contributed by atoms with Gasteiger partial charge in [0.05, 0.1) is 17.2 Å². The summed E-state index contributed by atoms with van der Waals surface area (Å²) in [7, 11) is 0. The predicted octanol–water partition coefficient (Wildman–Crippen LogP) is 13.1. The molecule has 2 aromatic rings. The highest BCUT2D eigenvalue weighted by Crippen LogP contribution is 2.43. The third-order valence-corrected chi connectivity index (χ3v) is 12.4. The number of ether oxygens (including phenoxy) is 1. The minimum atomic E-state index is -4.55. The van der Waals surface area contributed by atoms with Gasteiger partial charge in [-0.05, 0) is 143 Å². The molecule has 344 valence electrons. The number of alkyl halides is 9. The number of likely N-dealkylation sites (tertiary alicyclic amines) is 2. The first-order chi connectivity index (χ1) is 28.4. The normalized spacial score (nSPS) is 22.6. The molecule has 4 rings (SSSR count). The molecule has 0 amide bonds. The molecule has 2 aliphatic rings. The molecular formula is C46H63F9N2O4. The highest BCUT2D eigenvalue weighted by atomic mass is 19.4. The highest BCUT2D eigenvalue weighted by molar-refractivity contribution is 5.70. The summed E-state index contributed by atoms with van der Waals surface area (Å²) in [5.41, 5.74) is -0.348. The summed E-state index contributed by atoms with van der Waals surface area (Å²) < 4.78 is 127. The van der Waals surface area contributed by atoms with Gasteiger partial charge in [0.1, 0.15) is 0 Å². The van der Waals surface area contributed by atoms with Gasteiger partial charge in [-0.1, -0.05) is 52.0 Å². The van der Waals surface area contributed by atoms with Crippen LogP contribution in [0.1, 0.15) is 152 Å². The largest absolute Gasteiger partial charge is 0.481 e. The minimum absolute atomic E-state index is 0.0333. The Morgan fingerprint density at radius 2 is 1.10 bits per heavy atom. The van der Waals surface area contributed by atoms with E-state index in [2.05, 4.69) is 18.7 Å². The van der Waals surface area contributed by atoms with E-state index in [0.717, 1.165) is 30.7 Å². The standard InChI is InChI=1S/C46H63F9N2O4/c1-29(2)6-16-38(18-21-44(47,48)49)56-22-20-33(26-40(56)34-8-12-36(13-9-34)45(50,51)52)28-43(60)61-31(5)7-17-39(24-30(3)4)57-23-19-32(27-42(58)59)25-41(57)35-10-14-37(15-11-35)46(53,54)55/h8-15,29-33,38-41H,6-7,16-28H2,1-5H3,(H,58,59)/t31?,32-,33-,38-,39-,40+,41+/m1/s1. The first kappa shape index (κ1) is 50.3. The number of carbonyl (C=O) groups excluding carboxylic acids is 1. The average molecular weight is 879 g/mol. The lowest BCUT2D eigenvalue weighted by atomic mass is 9.82. The van der Waals surface area contributed by atoms with E-state index in [0.29, 0.717) is 75.6 Å². The predicted molar refractivity (Wildman–Crippen MR) is 215 cm³/mol. The lowest BCUT2D eigenvalue weighted by Crippen LogP contribution is -2.45. The molecule has 0 aliphatic carbocycles. The van der Waals surface area contributed by atoms with Gasteiger partial charge in [-0.2, -0.15) is 39.5 Å². The summed E-state index contributed by atoms with van der Waals surface area (Å²) in [4.78, 5) is 29.4. The zero-order chi connectivity index (χ0) is 45.3. The SMILES string of the molecule is CC(C)CC[C@H](CCC(F)(F)F)N1CC[C@@H](CC(=O)OC(C)CC[C@H](CC(C)C)N2CC[C@@H](CC(=O)O)C[C@H]2c2ccc(C(F)(F)F)cc2)C[C@H]1c1ccc(C(F)(F)F)cc1. The van der Waals surface area contributed by atoms with Gasteiger partial charge in [0.2, 0.25) is 0 Å². The number of piperidine rings is 2. The Labute approximate surface area is 354 Å². The fourth-order valence-corrected chi connectivity index (χ4v) is 9.34. The Bertz CT molecular complexity index is 1660. The molecule has 2 aliphatic heterocycles. The maximum atomic E-state index is 13.5. The first-order valence-corrected chi connectivity index (χ1v) is 21.7. The number of nitrogens with zero attached hydrogens (tertiary/aromatic N) is 2. The van der Waals surface area contributed by atoms with E-state index in [4.69, 9.17) is 4.74 Å². The van der Waals surface area contributed by atoms with Crippen LogP contribution in [-0.2, 0) is 26.7 Å². The summed E-state index contributed by atoms with van der Waals surface area (Å²) in [6.45, 7) is 10.9. The Kier molecular flexibility index (Phi) is 18.0. The molecule has 2 saturated heterocycles. The van der Waals surface area contributed by atoms with Crippen molar-refractivity contribution < 1.29 is 58.9 Å². The summed E-state index contributed by atoms with van der Waals surface area (Å²) in [6, 6.07) is 8.53. The van der Waals surface area contributed by atoms with Gasteiger partial charge in [-0.25, -0.2) is 0 Å². The van der Waals surface area contributed by atoms with Crippen LogP contribution < -0.4 is 0 Å². The fraction of sp³-hybridized carbons (Fsp3) is 0.696. The molecule has 2 fully saturated rings. The quantitative estimate of drug-likeness (QED) is 0.112. The second-order valence-corrected chi connectivity index (χ2v) is 18.3. The van der Waals surface area contributed by atoms with Crippen LogP contribution >= 0.6 is 0 Å². The molecule has 0 radical (unpaired) electrons. The number of carboxylic acid groups (broad SMARTS) is 1.